The van der Waals surface area contributed by atoms with Crippen LogP contribution in [0.5, 0.6) is 0 Å². The van der Waals surface area contributed by atoms with Crippen LogP contribution in [0.2, 0.25) is 0 Å². The van der Waals surface area contributed by atoms with E-state index >= 15 is 0 Å². The number of piperidine rings is 1. The van der Waals surface area contributed by atoms with Crippen molar-refractivity contribution in [3.8, 4) is 0 Å². The van der Waals surface area contributed by atoms with Gasteiger partial charge in [-0.1, -0.05) is 38.0 Å². The van der Waals surface area contributed by atoms with Crippen molar-refractivity contribution in [3.63, 3.8) is 0 Å². The number of anilines is 1. The van der Waals surface area contributed by atoms with Crippen molar-refractivity contribution in [2.45, 2.75) is 71.4 Å². The van der Waals surface area contributed by atoms with Crippen LogP contribution in [-0.4, -0.2) is 22.7 Å². The van der Waals surface area contributed by atoms with Crippen molar-refractivity contribution < 1.29 is 5.11 Å². The quantitative estimate of drug-likeness (QED) is 0.863. The Balaban J connectivity index is 2.18. The van der Waals surface area contributed by atoms with Gasteiger partial charge in [-0.25, -0.2) is 4.98 Å². The number of nitrogens with zero attached hydrogens (tertiary/aromatic N) is 2. The number of rotatable bonds is 6. The Morgan fingerprint density at radius 2 is 2.16 bits per heavy atom. The van der Waals surface area contributed by atoms with Crippen molar-refractivity contribution in [2.75, 3.05) is 11.4 Å². The van der Waals surface area contributed by atoms with E-state index in [-0.39, 0.29) is 6.61 Å². The highest BCUT2D eigenvalue weighted by atomic mass is 32.1. The topological polar surface area (TPSA) is 36.4 Å². The summed E-state index contributed by atoms with van der Waals surface area (Å²) in [4.78, 5) is 8.37. The fourth-order valence-corrected chi connectivity index (χ4v) is 4.00. The van der Waals surface area contributed by atoms with Crippen molar-refractivity contribution in [1.82, 2.24) is 4.98 Å². The first-order chi connectivity index (χ1) is 9.30. The highest BCUT2D eigenvalue weighted by molar-refractivity contribution is 7.15. The number of aromatic nitrogens is 1. The second-order valence-electron chi connectivity index (χ2n) is 5.41. The van der Waals surface area contributed by atoms with Gasteiger partial charge in [0, 0.05) is 12.6 Å². The molecule has 108 valence electrons. The molecule has 0 amide bonds. The Bertz CT molecular complexity index is 389. The molecule has 0 radical (unpaired) electrons. The minimum atomic E-state index is 0.138. The molecule has 1 aliphatic rings. The molecule has 0 saturated carbocycles. The number of hydrogen-bond donors (Lipinski definition) is 1. The molecule has 0 bridgehead atoms. The fraction of sp³-hybridized carbons (Fsp3) is 0.800. The predicted molar refractivity (Wildman–Crippen MR) is 81.9 cm³/mol. The van der Waals surface area contributed by atoms with Crippen LogP contribution in [0, 0.1) is 0 Å². The molecule has 1 N–H and O–H groups in total. The zero-order valence-corrected chi connectivity index (χ0v) is 13.0. The van der Waals surface area contributed by atoms with E-state index in [0.717, 1.165) is 35.1 Å². The maximum atomic E-state index is 9.48. The zero-order valence-electron chi connectivity index (χ0n) is 12.2. The molecule has 1 fully saturated rings. The normalized spacial score (nSPS) is 19.9. The fourth-order valence-electron chi connectivity index (χ4n) is 2.93. The van der Waals surface area contributed by atoms with E-state index < -0.39 is 0 Å². The van der Waals surface area contributed by atoms with E-state index in [1.54, 1.807) is 11.3 Å². The molecule has 1 unspecified atom stereocenters. The number of hydrogen-bond acceptors (Lipinski definition) is 4. The molecule has 1 aromatic heterocycles. The van der Waals surface area contributed by atoms with Crippen LogP contribution in [0.4, 0.5) is 5.13 Å². The van der Waals surface area contributed by atoms with Gasteiger partial charge in [0.25, 0.3) is 0 Å². The molecular weight excluding hydrogens is 256 g/mol. The Kier molecular flexibility index (Phi) is 5.64. The molecule has 2 rings (SSSR count). The van der Waals surface area contributed by atoms with Crippen molar-refractivity contribution in [2.24, 2.45) is 0 Å². The Labute approximate surface area is 120 Å². The van der Waals surface area contributed by atoms with Gasteiger partial charge in [-0.15, -0.1) is 0 Å². The molecule has 0 spiro atoms. The molecule has 4 heteroatoms. The van der Waals surface area contributed by atoms with Gasteiger partial charge in [0.1, 0.15) is 0 Å². The summed E-state index contributed by atoms with van der Waals surface area (Å²) < 4.78 is 0. The number of thiazole rings is 1. The summed E-state index contributed by atoms with van der Waals surface area (Å²) in [5.41, 5.74) is 1.12. The second kappa shape index (κ2) is 7.25. The van der Waals surface area contributed by atoms with E-state index in [1.807, 2.05) is 0 Å². The summed E-state index contributed by atoms with van der Waals surface area (Å²) in [6.45, 7) is 5.70. The second-order valence-corrected chi connectivity index (χ2v) is 6.47. The lowest BCUT2D eigenvalue weighted by molar-refractivity contribution is 0.284. The monoisotopic (exact) mass is 282 g/mol. The zero-order chi connectivity index (χ0) is 13.7. The molecule has 1 aromatic rings. The summed E-state index contributed by atoms with van der Waals surface area (Å²) >= 11 is 1.70. The molecule has 19 heavy (non-hydrogen) atoms. The predicted octanol–water partition coefficient (Wildman–Crippen LogP) is 3.75. The van der Waals surface area contributed by atoms with Crippen LogP contribution < -0.4 is 4.90 Å². The van der Waals surface area contributed by atoms with Crippen LogP contribution in [0.3, 0.4) is 0 Å². The standard InChI is InChI=1S/C15H26N2OS/c1-3-7-12-9-5-6-10-17(12)15-16-13(8-4-2)14(11-18)19-15/h12,18H,3-11H2,1-2H3. The van der Waals surface area contributed by atoms with Crippen LogP contribution in [0.15, 0.2) is 0 Å². The Morgan fingerprint density at radius 3 is 2.84 bits per heavy atom. The average molecular weight is 282 g/mol. The molecule has 0 aromatic carbocycles. The first-order valence-electron chi connectivity index (χ1n) is 7.66. The van der Waals surface area contributed by atoms with Crippen molar-refractivity contribution in [1.29, 1.82) is 0 Å². The van der Waals surface area contributed by atoms with E-state index in [4.69, 9.17) is 4.98 Å². The largest absolute Gasteiger partial charge is 0.391 e. The van der Waals surface area contributed by atoms with Gasteiger partial charge < -0.3 is 10.0 Å². The number of aliphatic hydroxyl groups is 1. The maximum absolute atomic E-state index is 9.48. The lowest BCUT2D eigenvalue weighted by atomic mass is 9.99. The van der Waals surface area contributed by atoms with E-state index in [0.29, 0.717) is 6.04 Å². The molecule has 1 saturated heterocycles. The highest BCUT2D eigenvalue weighted by Gasteiger charge is 2.25. The lowest BCUT2D eigenvalue weighted by Gasteiger charge is -2.35. The minimum absolute atomic E-state index is 0.138. The smallest absolute Gasteiger partial charge is 0.186 e. The molecule has 1 atom stereocenters. The van der Waals surface area contributed by atoms with Gasteiger partial charge in [-0.2, -0.15) is 0 Å². The molecular formula is C15H26N2OS. The maximum Gasteiger partial charge on any atom is 0.186 e. The summed E-state index contributed by atoms with van der Waals surface area (Å²) in [7, 11) is 0. The van der Waals surface area contributed by atoms with Gasteiger partial charge in [0.05, 0.1) is 17.2 Å². The van der Waals surface area contributed by atoms with Gasteiger partial charge in [0.15, 0.2) is 5.13 Å². The Hall–Kier alpha value is -0.610. The van der Waals surface area contributed by atoms with E-state index in [2.05, 4.69) is 18.7 Å². The van der Waals surface area contributed by atoms with E-state index in [1.165, 1.54) is 32.1 Å². The van der Waals surface area contributed by atoms with Gasteiger partial charge in [-0.3, -0.25) is 0 Å². The Morgan fingerprint density at radius 1 is 1.32 bits per heavy atom. The first-order valence-corrected chi connectivity index (χ1v) is 8.47. The van der Waals surface area contributed by atoms with Crippen LogP contribution in [0.1, 0.15) is 62.9 Å². The van der Waals surface area contributed by atoms with Gasteiger partial charge in [0.2, 0.25) is 0 Å². The summed E-state index contributed by atoms with van der Waals surface area (Å²) in [5, 5.41) is 10.6. The van der Waals surface area contributed by atoms with Crippen molar-refractivity contribution >= 4 is 16.5 Å². The number of aliphatic hydroxyl groups excluding tert-OH is 1. The van der Waals surface area contributed by atoms with Gasteiger partial charge in [-0.05, 0) is 32.1 Å². The number of aryl methyl sites for hydroxylation is 1. The van der Waals surface area contributed by atoms with Crippen LogP contribution >= 0.6 is 11.3 Å². The third-order valence-corrected chi connectivity index (χ3v) is 5.01. The third kappa shape index (κ3) is 3.48. The first kappa shape index (κ1) is 14.8. The van der Waals surface area contributed by atoms with Crippen LogP contribution in [-0.2, 0) is 13.0 Å². The average Bonchev–Trinajstić information content (AvgIpc) is 2.83. The lowest BCUT2D eigenvalue weighted by Crippen LogP contribution is -2.39. The van der Waals surface area contributed by atoms with E-state index in [9.17, 15) is 5.11 Å². The summed E-state index contributed by atoms with van der Waals surface area (Å²) in [6.07, 6.45) is 8.50. The highest BCUT2D eigenvalue weighted by Crippen LogP contribution is 2.33. The van der Waals surface area contributed by atoms with Crippen LogP contribution in [0.25, 0.3) is 0 Å². The summed E-state index contributed by atoms with van der Waals surface area (Å²) in [6, 6.07) is 0.658. The van der Waals surface area contributed by atoms with Crippen molar-refractivity contribution in [3.05, 3.63) is 10.6 Å². The third-order valence-electron chi connectivity index (χ3n) is 3.89. The summed E-state index contributed by atoms with van der Waals surface area (Å²) in [5.74, 6) is 0. The molecule has 2 heterocycles. The SMILES string of the molecule is CCCc1nc(N2CCCCC2CCC)sc1CO. The molecule has 0 aliphatic carbocycles. The molecule has 1 aliphatic heterocycles. The minimum Gasteiger partial charge on any atom is -0.391 e. The van der Waals surface area contributed by atoms with Gasteiger partial charge >= 0.3 is 0 Å². The molecule has 3 nitrogen and oxygen atoms in total.